The molecule has 0 aliphatic rings. The molecule has 0 atom stereocenters. The third-order valence-corrected chi connectivity index (χ3v) is 5.37. The number of pyridine rings is 1. The fourth-order valence-corrected chi connectivity index (χ4v) is 3.89. The van der Waals surface area contributed by atoms with Crippen molar-refractivity contribution in [2.75, 3.05) is 21.3 Å². The van der Waals surface area contributed by atoms with E-state index in [1.54, 1.807) is 39.5 Å². The minimum Gasteiger partial charge on any atom is -0.496 e. The molecule has 3 aromatic carbocycles. The van der Waals surface area contributed by atoms with E-state index in [9.17, 15) is 4.79 Å². The van der Waals surface area contributed by atoms with Crippen LogP contribution in [-0.2, 0) is 0 Å². The van der Waals surface area contributed by atoms with E-state index in [1.807, 2.05) is 36.4 Å². The highest BCUT2D eigenvalue weighted by Crippen LogP contribution is 2.43. The lowest BCUT2D eigenvalue weighted by Gasteiger charge is -2.15. The summed E-state index contributed by atoms with van der Waals surface area (Å²) in [7, 11) is 4.70. The zero-order chi connectivity index (χ0) is 21.5. The van der Waals surface area contributed by atoms with Gasteiger partial charge in [-0.2, -0.15) is 0 Å². The van der Waals surface area contributed by atoms with Gasteiger partial charge in [0.1, 0.15) is 22.9 Å². The molecule has 5 rings (SSSR count). The SMILES string of the molecule is COc1ccc(OC)c2c1c(OC)cc1c(=O)cc(-c3ccc4ccccc4n3)oc12. The van der Waals surface area contributed by atoms with Crippen molar-refractivity contribution in [2.45, 2.75) is 0 Å². The van der Waals surface area contributed by atoms with E-state index in [1.165, 1.54) is 6.07 Å². The highest BCUT2D eigenvalue weighted by atomic mass is 16.5. The predicted molar refractivity (Wildman–Crippen MR) is 120 cm³/mol. The molecule has 0 bridgehead atoms. The maximum absolute atomic E-state index is 13.1. The summed E-state index contributed by atoms with van der Waals surface area (Å²) in [4.78, 5) is 17.8. The Hall–Kier alpha value is -4.06. The monoisotopic (exact) mass is 413 g/mol. The van der Waals surface area contributed by atoms with Crippen molar-refractivity contribution >= 4 is 32.6 Å². The van der Waals surface area contributed by atoms with Crippen LogP contribution in [0.1, 0.15) is 0 Å². The van der Waals surface area contributed by atoms with Gasteiger partial charge in [0.15, 0.2) is 16.8 Å². The van der Waals surface area contributed by atoms with Crippen LogP contribution in [0.15, 0.2) is 69.9 Å². The van der Waals surface area contributed by atoms with Gasteiger partial charge in [-0.05, 0) is 30.3 Å². The van der Waals surface area contributed by atoms with Crippen LogP contribution in [0.2, 0.25) is 0 Å². The number of hydrogen-bond donors (Lipinski definition) is 0. The van der Waals surface area contributed by atoms with Crippen molar-refractivity contribution in [3.05, 3.63) is 70.9 Å². The molecule has 0 spiro atoms. The third-order valence-electron chi connectivity index (χ3n) is 5.37. The maximum atomic E-state index is 13.1. The topological polar surface area (TPSA) is 70.8 Å². The van der Waals surface area contributed by atoms with Crippen molar-refractivity contribution in [2.24, 2.45) is 0 Å². The zero-order valence-corrected chi connectivity index (χ0v) is 17.3. The molecule has 2 aromatic heterocycles. The summed E-state index contributed by atoms with van der Waals surface area (Å²) in [6.07, 6.45) is 0. The quantitative estimate of drug-likeness (QED) is 0.378. The summed E-state index contributed by atoms with van der Waals surface area (Å²) >= 11 is 0. The number of fused-ring (bicyclic) bond motifs is 4. The summed E-state index contributed by atoms with van der Waals surface area (Å²) in [5.41, 5.74) is 1.59. The van der Waals surface area contributed by atoms with E-state index in [0.717, 1.165) is 10.9 Å². The lowest BCUT2D eigenvalue weighted by Crippen LogP contribution is -2.03. The fraction of sp³-hybridized carbons (Fsp3) is 0.120. The molecule has 0 unspecified atom stereocenters. The van der Waals surface area contributed by atoms with Crippen LogP contribution < -0.4 is 19.6 Å². The minimum atomic E-state index is -0.198. The third kappa shape index (κ3) is 2.95. The molecule has 2 heterocycles. The van der Waals surface area contributed by atoms with Gasteiger partial charge in [-0.3, -0.25) is 4.79 Å². The molecule has 5 aromatic rings. The zero-order valence-electron chi connectivity index (χ0n) is 17.3. The number of rotatable bonds is 4. The van der Waals surface area contributed by atoms with E-state index < -0.39 is 0 Å². The molecule has 0 fully saturated rings. The predicted octanol–water partition coefficient (Wildman–Crippen LogP) is 5.19. The van der Waals surface area contributed by atoms with Crippen molar-refractivity contribution in [3.63, 3.8) is 0 Å². The van der Waals surface area contributed by atoms with Crippen LogP contribution in [0.5, 0.6) is 17.2 Å². The van der Waals surface area contributed by atoms with E-state index >= 15 is 0 Å². The summed E-state index contributed by atoms with van der Waals surface area (Å²) < 4.78 is 23.0. The first-order valence-electron chi connectivity index (χ1n) is 9.70. The van der Waals surface area contributed by atoms with E-state index in [0.29, 0.717) is 50.4 Å². The standard InChI is InChI=1S/C25H19NO5/c1-28-19-10-11-20(29-2)24-23(19)22(30-3)12-15-18(27)13-21(31-25(15)24)17-9-8-14-6-4-5-7-16(14)26-17/h4-13H,1-3H3. The number of nitrogens with zero attached hydrogens (tertiary/aromatic N) is 1. The second-order valence-corrected chi connectivity index (χ2v) is 7.04. The van der Waals surface area contributed by atoms with Crippen molar-refractivity contribution in [1.82, 2.24) is 4.98 Å². The number of hydrogen-bond acceptors (Lipinski definition) is 6. The molecule has 0 aliphatic carbocycles. The average molecular weight is 413 g/mol. The van der Waals surface area contributed by atoms with Gasteiger partial charge in [0, 0.05) is 11.5 Å². The number of aromatic nitrogens is 1. The van der Waals surface area contributed by atoms with Gasteiger partial charge >= 0.3 is 0 Å². The lowest BCUT2D eigenvalue weighted by molar-refractivity contribution is 0.400. The van der Waals surface area contributed by atoms with Gasteiger partial charge in [-0.25, -0.2) is 4.98 Å². The Morgan fingerprint density at radius 1 is 0.774 bits per heavy atom. The highest BCUT2D eigenvalue weighted by molar-refractivity contribution is 6.13. The molecule has 0 N–H and O–H groups in total. The molecule has 0 aliphatic heterocycles. The van der Waals surface area contributed by atoms with Crippen LogP contribution in [0.25, 0.3) is 44.1 Å². The molecule has 154 valence electrons. The fourth-order valence-electron chi connectivity index (χ4n) is 3.89. The van der Waals surface area contributed by atoms with Crippen LogP contribution in [-0.4, -0.2) is 26.3 Å². The van der Waals surface area contributed by atoms with E-state index in [4.69, 9.17) is 18.6 Å². The summed E-state index contributed by atoms with van der Waals surface area (Å²) in [6.45, 7) is 0. The van der Waals surface area contributed by atoms with Gasteiger partial charge in [0.25, 0.3) is 0 Å². The molecule has 0 saturated carbocycles. The Morgan fingerprint density at radius 3 is 2.23 bits per heavy atom. The molecular formula is C25H19NO5. The van der Waals surface area contributed by atoms with Gasteiger partial charge in [-0.15, -0.1) is 0 Å². The minimum absolute atomic E-state index is 0.198. The van der Waals surface area contributed by atoms with Crippen LogP contribution in [0.4, 0.5) is 0 Å². The molecule has 31 heavy (non-hydrogen) atoms. The summed E-state index contributed by atoms with van der Waals surface area (Å²) in [5.74, 6) is 2.01. The largest absolute Gasteiger partial charge is 0.496 e. The first-order valence-corrected chi connectivity index (χ1v) is 9.70. The number of methoxy groups -OCH3 is 3. The van der Waals surface area contributed by atoms with Crippen LogP contribution in [0, 0.1) is 0 Å². The van der Waals surface area contributed by atoms with Crippen molar-refractivity contribution < 1.29 is 18.6 Å². The first kappa shape index (κ1) is 18.9. The Balaban J connectivity index is 1.89. The molecule has 0 amide bonds. The van der Waals surface area contributed by atoms with E-state index in [-0.39, 0.29) is 5.43 Å². The second kappa shape index (κ2) is 7.32. The summed E-state index contributed by atoms with van der Waals surface area (Å²) in [6, 6.07) is 18.3. The first-order chi connectivity index (χ1) is 15.1. The molecule has 6 heteroatoms. The van der Waals surface area contributed by atoms with Crippen LogP contribution in [0.3, 0.4) is 0 Å². The molecule has 0 saturated heterocycles. The smallest absolute Gasteiger partial charge is 0.193 e. The Kier molecular flexibility index (Phi) is 4.47. The van der Waals surface area contributed by atoms with Crippen molar-refractivity contribution in [3.8, 4) is 28.7 Å². The van der Waals surface area contributed by atoms with Gasteiger partial charge < -0.3 is 18.6 Å². The number of ether oxygens (including phenoxy) is 3. The van der Waals surface area contributed by atoms with Gasteiger partial charge in [-0.1, -0.05) is 24.3 Å². The number of benzene rings is 3. The molecule has 0 radical (unpaired) electrons. The lowest BCUT2D eigenvalue weighted by atomic mass is 10.0. The molecule has 6 nitrogen and oxygen atoms in total. The Labute approximate surface area is 177 Å². The Bertz CT molecular complexity index is 1520. The van der Waals surface area contributed by atoms with E-state index in [2.05, 4.69) is 4.98 Å². The average Bonchev–Trinajstić information content (AvgIpc) is 2.82. The van der Waals surface area contributed by atoms with Gasteiger partial charge in [0.2, 0.25) is 0 Å². The molecular weight excluding hydrogens is 394 g/mol. The maximum Gasteiger partial charge on any atom is 0.193 e. The normalized spacial score (nSPS) is 11.2. The summed E-state index contributed by atoms with van der Waals surface area (Å²) in [5, 5.41) is 2.68. The van der Waals surface area contributed by atoms with Crippen molar-refractivity contribution in [1.29, 1.82) is 0 Å². The second-order valence-electron chi connectivity index (χ2n) is 7.04. The van der Waals surface area contributed by atoms with Gasteiger partial charge in [0.05, 0.1) is 43.0 Å². The highest BCUT2D eigenvalue weighted by Gasteiger charge is 2.20. The van der Waals surface area contributed by atoms with Crippen LogP contribution >= 0.6 is 0 Å². The number of para-hydroxylation sites is 1. The Morgan fingerprint density at radius 2 is 1.48 bits per heavy atom.